The number of hydrogen-bond donors (Lipinski definition) is 1. The Morgan fingerprint density at radius 3 is 2.94 bits per heavy atom. The highest BCUT2D eigenvalue weighted by Gasteiger charge is 2.33. The number of nitrogens with zero attached hydrogens (tertiary/aromatic N) is 3. The van der Waals surface area contributed by atoms with Gasteiger partial charge in [-0.25, -0.2) is 0 Å². The molecule has 2 rings (SSSR count). The Kier molecular flexibility index (Phi) is 2.88. The number of anilines is 1. The highest BCUT2D eigenvalue weighted by Crippen LogP contribution is 2.31. The number of rotatable bonds is 4. The zero-order valence-electron chi connectivity index (χ0n) is 9.47. The van der Waals surface area contributed by atoms with E-state index in [0.29, 0.717) is 24.1 Å². The van der Waals surface area contributed by atoms with Gasteiger partial charge in [0.25, 0.3) is 0 Å². The van der Waals surface area contributed by atoms with E-state index >= 15 is 0 Å². The minimum absolute atomic E-state index is 0.0846. The first-order valence-corrected chi connectivity index (χ1v) is 5.35. The van der Waals surface area contributed by atoms with Crippen LogP contribution >= 0.6 is 0 Å². The van der Waals surface area contributed by atoms with E-state index in [0.717, 1.165) is 0 Å². The normalized spacial score (nSPS) is 15.1. The van der Waals surface area contributed by atoms with Gasteiger partial charge in [-0.2, -0.15) is 15.5 Å². The van der Waals surface area contributed by atoms with Crippen LogP contribution in [-0.2, 0) is 4.79 Å². The van der Waals surface area contributed by atoms with Gasteiger partial charge in [0.05, 0.1) is 11.6 Å². The quantitative estimate of drug-likeness (QED) is 0.859. The largest absolute Gasteiger partial charge is 0.326 e. The van der Waals surface area contributed by atoms with Crippen LogP contribution in [0.2, 0.25) is 0 Å². The molecule has 0 saturated carbocycles. The van der Waals surface area contributed by atoms with Crippen LogP contribution in [0.4, 0.5) is 5.69 Å². The molecule has 0 bridgehead atoms. The molecular weight excluding hydrogens is 216 g/mol. The average molecular weight is 228 g/mol. The van der Waals surface area contributed by atoms with Crippen molar-refractivity contribution in [3.05, 3.63) is 29.8 Å². The highest BCUT2D eigenvalue weighted by molar-refractivity contribution is 5.90. The summed E-state index contributed by atoms with van der Waals surface area (Å²) in [5.74, 6) is -0.0846. The number of carbonyl (C=O) groups is 1. The van der Waals surface area contributed by atoms with Gasteiger partial charge in [-0.1, -0.05) is 6.07 Å². The van der Waals surface area contributed by atoms with Crippen LogP contribution in [0.5, 0.6) is 0 Å². The third kappa shape index (κ3) is 3.11. The molecule has 0 aliphatic carbocycles. The van der Waals surface area contributed by atoms with E-state index in [1.807, 2.05) is 13.0 Å². The van der Waals surface area contributed by atoms with Crippen LogP contribution in [0.3, 0.4) is 0 Å². The minimum Gasteiger partial charge on any atom is -0.326 e. The van der Waals surface area contributed by atoms with E-state index < -0.39 is 0 Å². The summed E-state index contributed by atoms with van der Waals surface area (Å²) in [5.41, 5.74) is 0.831. The minimum atomic E-state index is -0.341. The molecule has 1 aromatic rings. The Balaban J connectivity index is 1.87. The van der Waals surface area contributed by atoms with Gasteiger partial charge in [0.2, 0.25) is 5.91 Å². The van der Waals surface area contributed by atoms with Crippen LogP contribution in [0.25, 0.3) is 0 Å². The Morgan fingerprint density at radius 1 is 1.53 bits per heavy atom. The summed E-state index contributed by atoms with van der Waals surface area (Å²) >= 11 is 0. The van der Waals surface area contributed by atoms with Gasteiger partial charge < -0.3 is 5.32 Å². The van der Waals surface area contributed by atoms with Gasteiger partial charge in [-0.3, -0.25) is 4.79 Å². The van der Waals surface area contributed by atoms with Gasteiger partial charge in [-0.15, -0.1) is 0 Å². The fourth-order valence-corrected chi connectivity index (χ4v) is 1.43. The fraction of sp³-hybridized carbons (Fsp3) is 0.333. The molecule has 5 nitrogen and oxygen atoms in total. The second-order valence-corrected chi connectivity index (χ2v) is 4.16. The zero-order valence-corrected chi connectivity index (χ0v) is 9.47. The van der Waals surface area contributed by atoms with E-state index in [1.165, 1.54) is 0 Å². The molecule has 5 heteroatoms. The van der Waals surface area contributed by atoms with Crippen molar-refractivity contribution in [2.75, 3.05) is 5.32 Å². The van der Waals surface area contributed by atoms with Gasteiger partial charge in [0.1, 0.15) is 0 Å². The number of carbonyl (C=O) groups excluding carboxylic acids is 1. The first-order chi connectivity index (χ1) is 8.11. The van der Waals surface area contributed by atoms with Crippen molar-refractivity contribution in [2.45, 2.75) is 25.4 Å². The van der Waals surface area contributed by atoms with Crippen LogP contribution < -0.4 is 5.32 Å². The lowest BCUT2D eigenvalue weighted by atomic mass is 10.1. The molecule has 0 atom stereocenters. The van der Waals surface area contributed by atoms with E-state index in [2.05, 4.69) is 15.5 Å². The molecular formula is C12H12N4O. The Labute approximate surface area is 99.2 Å². The van der Waals surface area contributed by atoms with E-state index in [-0.39, 0.29) is 11.6 Å². The third-order valence-electron chi connectivity index (χ3n) is 2.54. The zero-order chi connectivity index (χ0) is 12.3. The Morgan fingerprint density at radius 2 is 2.29 bits per heavy atom. The smallest absolute Gasteiger partial charge is 0.224 e. The van der Waals surface area contributed by atoms with Crippen molar-refractivity contribution in [3.63, 3.8) is 0 Å². The molecule has 0 unspecified atom stereocenters. The van der Waals surface area contributed by atoms with Gasteiger partial charge in [0.15, 0.2) is 5.66 Å². The van der Waals surface area contributed by atoms with E-state index in [1.54, 1.807) is 24.3 Å². The monoisotopic (exact) mass is 228 g/mol. The van der Waals surface area contributed by atoms with Crippen molar-refractivity contribution >= 4 is 11.6 Å². The van der Waals surface area contributed by atoms with Crippen molar-refractivity contribution in [1.29, 1.82) is 5.26 Å². The van der Waals surface area contributed by atoms with Crippen LogP contribution in [0.1, 0.15) is 25.3 Å². The average Bonchev–Trinajstić information content (AvgIpc) is 3.06. The predicted molar refractivity (Wildman–Crippen MR) is 62.3 cm³/mol. The molecule has 86 valence electrons. The first-order valence-electron chi connectivity index (χ1n) is 5.35. The molecule has 0 spiro atoms. The van der Waals surface area contributed by atoms with E-state index in [4.69, 9.17) is 5.26 Å². The molecule has 1 N–H and O–H groups in total. The van der Waals surface area contributed by atoms with Gasteiger partial charge in [-0.05, 0) is 25.1 Å². The molecule has 0 radical (unpaired) electrons. The number of hydrogen-bond acceptors (Lipinski definition) is 4. The molecule has 0 aromatic heterocycles. The summed E-state index contributed by atoms with van der Waals surface area (Å²) in [6.07, 6.45) is 0.997. The van der Waals surface area contributed by atoms with Crippen molar-refractivity contribution < 1.29 is 4.79 Å². The van der Waals surface area contributed by atoms with Gasteiger partial charge >= 0.3 is 0 Å². The molecule has 1 heterocycles. The summed E-state index contributed by atoms with van der Waals surface area (Å²) < 4.78 is 0. The summed E-state index contributed by atoms with van der Waals surface area (Å²) in [4.78, 5) is 11.6. The van der Waals surface area contributed by atoms with Crippen molar-refractivity contribution in [2.24, 2.45) is 10.2 Å². The SMILES string of the molecule is CC1(CCC(=O)Nc2cccc(C#N)c2)N=N1. The molecule has 1 aliphatic rings. The maximum atomic E-state index is 11.6. The Hall–Kier alpha value is -2.22. The fourth-order valence-electron chi connectivity index (χ4n) is 1.43. The highest BCUT2D eigenvalue weighted by atomic mass is 16.1. The summed E-state index contributed by atoms with van der Waals surface area (Å²) in [5, 5.41) is 19.2. The maximum Gasteiger partial charge on any atom is 0.224 e. The van der Waals surface area contributed by atoms with Crippen molar-refractivity contribution in [3.8, 4) is 6.07 Å². The standard InChI is InChI=1S/C12H12N4O/c1-12(15-16-12)6-5-11(17)14-10-4-2-3-9(7-10)8-13/h2-4,7H,5-6H2,1H3,(H,14,17). The maximum absolute atomic E-state index is 11.6. The van der Waals surface area contributed by atoms with Gasteiger partial charge in [0, 0.05) is 18.5 Å². The lowest BCUT2D eigenvalue weighted by Gasteiger charge is -2.06. The van der Waals surface area contributed by atoms with E-state index in [9.17, 15) is 4.79 Å². The van der Waals surface area contributed by atoms with Crippen LogP contribution in [-0.4, -0.2) is 11.6 Å². The lowest BCUT2D eigenvalue weighted by Crippen LogP contribution is -2.15. The second-order valence-electron chi connectivity index (χ2n) is 4.16. The number of amides is 1. The number of nitriles is 1. The molecule has 0 fully saturated rings. The molecule has 1 aliphatic heterocycles. The van der Waals surface area contributed by atoms with Crippen LogP contribution in [0.15, 0.2) is 34.5 Å². The predicted octanol–water partition coefficient (Wildman–Crippen LogP) is 2.46. The van der Waals surface area contributed by atoms with Crippen molar-refractivity contribution in [1.82, 2.24) is 0 Å². The lowest BCUT2D eigenvalue weighted by molar-refractivity contribution is -0.116. The van der Waals surface area contributed by atoms with Crippen LogP contribution in [0, 0.1) is 11.3 Å². The number of benzene rings is 1. The summed E-state index contributed by atoms with van der Waals surface area (Å²) in [6, 6.07) is 8.86. The first kappa shape index (κ1) is 11.3. The molecule has 17 heavy (non-hydrogen) atoms. The topological polar surface area (TPSA) is 77.6 Å². The molecule has 1 amide bonds. The third-order valence-corrected chi connectivity index (χ3v) is 2.54. The summed E-state index contributed by atoms with van der Waals surface area (Å²) in [7, 11) is 0. The number of nitrogens with one attached hydrogen (secondary N) is 1. The second kappa shape index (κ2) is 4.34. The Bertz CT molecular complexity index is 509. The molecule has 0 saturated heterocycles. The molecule has 1 aromatic carbocycles. The summed E-state index contributed by atoms with van der Waals surface area (Å²) in [6.45, 7) is 1.89.